The van der Waals surface area contributed by atoms with Gasteiger partial charge in [-0.15, -0.1) is 0 Å². The number of hydrogen-bond donors (Lipinski definition) is 1. The van der Waals surface area contributed by atoms with Crippen LogP contribution in [0.3, 0.4) is 0 Å². The molecule has 0 radical (unpaired) electrons. The van der Waals surface area contributed by atoms with Crippen molar-refractivity contribution < 1.29 is 8.42 Å². The molecule has 2 N–H and O–H groups in total. The Balaban J connectivity index is 2.38. The van der Waals surface area contributed by atoms with Crippen LogP contribution in [0, 0.1) is 0 Å². The lowest BCUT2D eigenvalue weighted by Crippen LogP contribution is -2.41. The lowest BCUT2D eigenvalue weighted by atomic mass is 10.1. The number of likely N-dealkylation sites (tertiary alicyclic amines) is 1. The largest absolute Gasteiger partial charge is 0.370 e. The predicted octanol–water partition coefficient (Wildman–Crippen LogP) is 0.222. The first-order chi connectivity index (χ1) is 7.55. The molecule has 0 aromatic heterocycles. The number of piperidine rings is 1. The summed E-state index contributed by atoms with van der Waals surface area (Å²) in [7, 11) is -2.93. The van der Waals surface area contributed by atoms with Gasteiger partial charge in [0, 0.05) is 18.8 Å². The molecule has 1 heterocycles. The Morgan fingerprint density at radius 3 is 2.50 bits per heavy atom. The molecule has 0 atom stereocenters. The van der Waals surface area contributed by atoms with Gasteiger partial charge < -0.3 is 10.6 Å². The molecular formula is C10H21N3O2S. The molecular weight excluding hydrogens is 226 g/mol. The van der Waals surface area contributed by atoms with E-state index in [4.69, 9.17) is 5.73 Å². The number of sulfone groups is 1. The fraction of sp³-hybridized carbons (Fsp3) is 0.900. The fourth-order valence-electron chi connectivity index (χ4n) is 1.67. The van der Waals surface area contributed by atoms with Crippen LogP contribution in [-0.2, 0) is 9.84 Å². The highest BCUT2D eigenvalue weighted by Gasteiger charge is 2.12. The standard InChI is InChI=1S/C10H21N3O2S/c1-2-16(14,15)9-6-12-10(11)13-7-4-3-5-8-13/h2-9H2,1H3,(H2,11,12). The fourth-order valence-corrected chi connectivity index (χ4v) is 2.32. The van der Waals surface area contributed by atoms with Gasteiger partial charge in [0.25, 0.3) is 0 Å². The third-order valence-electron chi connectivity index (χ3n) is 2.80. The summed E-state index contributed by atoms with van der Waals surface area (Å²) in [6.45, 7) is 3.80. The maximum atomic E-state index is 11.2. The molecule has 0 unspecified atom stereocenters. The molecule has 5 nitrogen and oxygen atoms in total. The number of hydrogen-bond acceptors (Lipinski definition) is 3. The molecule has 0 aliphatic carbocycles. The van der Waals surface area contributed by atoms with Crippen LogP contribution in [0.15, 0.2) is 4.99 Å². The van der Waals surface area contributed by atoms with Crippen molar-refractivity contribution in [2.75, 3.05) is 31.1 Å². The molecule has 16 heavy (non-hydrogen) atoms. The summed E-state index contributed by atoms with van der Waals surface area (Å²) in [5.41, 5.74) is 5.80. The Bertz CT molecular complexity index is 332. The molecule has 94 valence electrons. The molecule has 1 aliphatic heterocycles. The Morgan fingerprint density at radius 2 is 1.94 bits per heavy atom. The third kappa shape index (κ3) is 4.38. The van der Waals surface area contributed by atoms with Crippen molar-refractivity contribution in [3.05, 3.63) is 0 Å². The van der Waals surface area contributed by atoms with E-state index < -0.39 is 9.84 Å². The molecule has 0 bridgehead atoms. The van der Waals surface area contributed by atoms with Crippen LogP contribution in [-0.4, -0.2) is 50.4 Å². The predicted molar refractivity (Wildman–Crippen MR) is 66.2 cm³/mol. The molecule has 1 saturated heterocycles. The SMILES string of the molecule is CCS(=O)(=O)CCN=C(N)N1CCCCC1. The Labute approximate surface area is 97.6 Å². The second-order valence-electron chi connectivity index (χ2n) is 4.02. The van der Waals surface area contributed by atoms with Gasteiger partial charge in [0.05, 0.1) is 12.3 Å². The zero-order valence-corrected chi connectivity index (χ0v) is 10.7. The van der Waals surface area contributed by atoms with Crippen LogP contribution in [0.25, 0.3) is 0 Å². The van der Waals surface area contributed by atoms with Gasteiger partial charge >= 0.3 is 0 Å². The molecule has 6 heteroatoms. The van der Waals surface area contributed by atoms with Gasteiger partial charge in [-0.25, -0.2) is 8.42 Å². The van der Waals surface area contributed by atoms with Gasteiger partial charge in [0.1, 0.15) is 0 Å². The number of aliphatic imine (C=N–C) groups is 1. The molecule has 0 spiro atoms. The number of rotatable bonds is 4. The van der Waals surface area contributed by atoms with Crippen molar-refractivity contribution in [1.82, 2.24) is 4.90 Å². The summed E-state index contributed by atoms with van der Waals surface area (Å²) in [5, 5.41) is 0. The van der Waals surface area contributed by atoms with Gasteiger partial charge in [-0.05, 0) is 19.3 Å². The average Bonchev–Trinajstić information content (AvgIpc) is 2.30. The van der Waals surface area contributed by atoms with E-state index in [0.717, 1.165) is 25.9 Å². The first-order valence-electron chi connectivity index (χ1n) is 5.80. The highest BCUT2D eigenvalue weighted by Crippen LogP contribution is 2.07. The van der Waals surface area contributed by atoms with Crippen LogP contribution < -0.4 is 5.73 Å². The monoisotopic (exact) mass is 247 g/mol. The topological polar surface area (TPSA) is 75.8 Å². The summed E-state index contributed by atoms with van der Waals surface area (Å²) < 4.78 is 22.5. The van der Waals surface area contributed by atoms with E-state index in [9.17, 15) is 8.42 Å². The zero-order valence-electron chi connectivity index (χ0n) is 9.85. The minimum Gasteiger partial charge on any atom is -0.370 e. The van der Waals surface area contributed by atoms with Gasteiger partial charge in [-0.3, -0.25) is 4.99 Å². The molecule has 0 saturated carbocycles. The Morgan fingerprint density at radius 1 is 1.31 bits per heavy atom. The molecule has 0 amide bonds. The van der Waals surface area contributed by atoms with E-state index in [-0.39, 0.29) is 18.1 Å². The number of nitrogens with zero attached hydrogens (tertiary/aromatic N) is 2. The second-order valence-corrected chi connectivity index (χ2v) is 6.50. The first kappa shape index (κ1) is 13.3. The minimum absolute atomic E-state index is 0.0953. The van der Waals surface area contributed by atoms with E-state index in [1.807, 2.05) is 4.90 Å². The Hall–Kier alpha value is -0.780. The van der Waals surface area contributed by atoms with Crippen LogP contribution in [0.4, 0.5) is 0 Å². The minimum atomic E-state index is -2.93. The summed E-state index contributed by atoms with van der Waals surface area (Å²) in [4.78, 5) is 6.15. The highest BCUT2D eigenvalue weighted by atomic mass is 32.2. The summed E-state index contributed by atoms with van der Waals surface area (Å²) >= 11 is 0. The maximum Gasteiger partial charge on any atom is 0.191 e. The third-order valence-corrected chi connectivity index (χ3v) is 4.48. The normalized spacial score (nSPS) is 18.8. The second kappa shape index (κ2) is 6.08. The quantitative estimate of drug-likeness (QED) is 0.569. The van der Waals surface area contributed by atoms with E-state index >= 15 is 0 Å². The molecule has 1 rings (SSSR count). The smallest absolute Gasteiger partial charge is 0.191 e. The van der Waals surface area contributed by atoms with E-state index in [0.29, 0.717) is 5.96 Å². The van der Waals surface area contributed by atoms with Gasteiger partial charge in [0.2, 0.25) is 0 Å². The van der Waals surface area contributed by atoms with Crippen LogP contribution >= 0.6 is 0 Å². The van der Waals surface area contributed by atoms with Crippen molar-refractivity contribution in [2.24, 2.45) is 10.7 Å². The number of nitrogens with two attached hydrogens (primary N) is 1. The van der Waals surface area contributed by atoms with Crippen molar-refractivity contribution in [3.8, 4) is 0 Å². The van der Waals surface area contributed by atoms with Crippen molar-refractivity contribution in [3.63, 3.8) is 0 Å². The van der Waals surface area contributed by atoms with Crippen molar-refractivity contribution in [2.45, 2.75) is 26.2 Å². The molecule has 1 aliphatic rings. The maximum absolute atomic E-state index is 11.2. The zero-order chi connectivity index (χ0) is 12.0. The first-order valence-corrected chi connectivity index (χ1v) is 7.62. The molecule has 0 aromatic carbocycles. The van der Waals surface area contributed by atoms with Crippen LogP contribution in [0.5, 0.6) is 0 Å². The lowest BCUT2D eigenvalue weighted by molar-refractivity contribution is 0.338. The summed E-state index contributed by atoms with van der Waals surface area (Å²) in [5.74, 6) is 0.760. The van der Waals surface area contributed by atoms with Crippen molar-refractivity contribution >= 4 is 15.8 Å². The summed E-state index contributed by atoms with van der Waals surface area (Å²) in [6.07, 6.45) is 3.53. The van der Waals surface area contributed by atoms with Crippen molar-refractivity contribution in [1.29, 1.82) is 0 Å². The van der Waals surface area contributed by atoms with Crippen LogP contribution in [0.1, 0.15) is 26.2 Å². The van der Waals surface area contributed by atoms with Gasteiger partial charge in [-0.1, -0.05) is 6.92 Å². The van der Waals surface area contributed by atoms with Crippen LogP contribution in [0.2, 0.25) is 0 Å². The van der Waals surface area contributed by atoms with Gasteiger partial charge in [-0.2, -0.15) is 0 Å². The average molecular weight is 247 g/mol. The molecule has 1 fully saturated rings. The molecule has 0 aromatic rings. The Kier molecular flexibility index (Phi) is 5.05. The summed E-state index contributed by atoms with van der Waals surface area (Å²) in [6, 6.07) is 0. The van der Waals surface area contributed by atoms with E-state index in [1.54, 1.807) is 6.92 Å². The number of guanidine groups is 1. The highest BCUT2D eigenvalue weighted by molar-refractivity contribution is 7.91. The van der Waals surface area contributed by atoms with E-state index in [2.05, 4.69) is 4.99 Å². The van der Waals surface area contributed by atoms with Gasteiger partial charge in [0.15, 0.2) is 15.8 Å². The van der Waals surface area contributed by atoms with E-state index in [1.165, 1.54) is 6.42 Å². The lowest BCUT2D eigenvalue weighted by Gasteiger charge is -2.27.